The predicted octanol–water partition coefficient (Wildman–Crippen LogP) is 0.726. The number of nitrogens with one attached hydrogen (secondary N) is 1. The van der Waals surface area contributed by atoms with Crippen LogP contribution in [-0.2, 0) is 4.79 Å². The lowest BCUT2D eigenvalue weighted by Crippen LogP contribution is -2.14. The number of carbonyl (C=O) groups is 1. The quantitative estimate of drug-likeness (QED) is 0.492. The summed E-state index contributed by atoms with van der Waals surface area (Å²) < 4.78 is 0. The van der Waals surface area contributed by atoms with E-state index in [-0.39, 0.29) is 0 Å². The molecule has 1 aromatic rings. The molecule has 0 fully saturated rings. The van der Waals surface area contributed by atoms with Gasteiger partial charge in [-0.25, -0.2) is 0 Å². The largest absolute Gasteiger partial charge is 0.380 e. The van der Waals surface area contributed by atoms with Gasteiger partial charge in [0.05, 0.1) is 0 Å². The number of rotatable bonds is 3. The van der Waals surface area contributed by atoms with Crippen LogP contribution in [0.1, 0.15) is 0 Å². The van der Waals surface area contributed by atoms with E-state index in [0.29, 0.717) is 12.2 Å². The Labute approximate surface area is 58.6 Å². The summed E-state index contributed by atoms with van der Waals surface area (Å²) in [5, 5.41) is 0. The second kappa shape index (κ2) is 3.50. The molecule has 0 saturated carbocycles. The van der Waals surface area contributed by atoms with Crippen LogP contribution in [0.25, 0.3) is 0 Å². The van der Waals surface area contributed by atoms with E-state index in [9.17, 15) is 4.79 Å². The Morgan fingerprint density at radius 1 is 1.30 bits per heavy atom. The van der Waals surface area contributed by atoms with Gasteiger partial charge in [-0.1, -0.05) is 18.2 Å². The zero-order valence-electron chi connectivity index (χ0n) is 5.28. The van der Waals surface area contributed by atoms with Crippen LogP contribution in [-0.4, -0.2) is 6.41 Å². The van der Waals surface area contributed by atoms with Crippen LogP contribution in [0.15, 0.2) is 30.3 Å². The van der Waals surface area contributed by atoms with E-state index < -0.39 is 0 Å². The summed E-state index contributed by atoms with van der Waals surface area (Å²) >= 11 is 0. The molecular weight excluding hydrogens is 130 g/mol. The van der Waals surface area contributed by atoms with Crippen LogP contribution in [0.4, 0.5) is 0 Å². The summed E-state index contributed by atoms with van der Waals surface area (Å²) in [4.78, 5) is 14.5. The van der Waals surface area contributed by atoms with Gasteiger partial charge in [0.2, 0.25) is 6.41 Å². The van der Waals surface area contributed by atoms with Gasteiger partial charge in [0, 0.05) is 0 Å². The van der Waals surface area contributed by atoms with E-state index in [4.69, 9.17) is 4.84 Å². The third kappa shape index (κ3) is 1.78. The van der Waals surface area contributed by atoms with E-state index in [2.05, 4.69) is 5.48 Å². The molecule has 0 heterocycles. The Hall–Kier alpha value is -1.51. The summed E-state index contributed by atoms with van der Waals surface area (Å²) in [6.45, 7) is 0. The Bertz CT molecular complexity index is 198. The molecule has 10 heavy (non-hydrogen) atoms. The fraction of sp³-hybridized carbons (Fsp3) is 0. The second-order valence-electron chi connectivity index (χ2n) is 1.65. The molecule has 3 nitrogen and oxygen atoms in total. The molecule has 0 bridgehead atoms. The summed E-state index contributed by atoms with van der Waals surface area (Å²) in [7, 11) is 0. The Morgan fingerprint density at radius 3 is 2.60 bits per heavy atom. The standard InChI is InChI=1S/C7H7NO2/c9-6-8-10-7-4-2-1-3-5-7/h1-6H,(H,8,9). The maximum absolute atomic E-state index is 9.74. The molecule has 0 aromatic heterocycles. The van der Waals surface area contributed by atoms with Crippen LogP contribution < -0.4 is 10.3 Å². The Morgan fingerprint density at radius 2 is 2.00 bits per heavy atom. The number of benzene rings is 1. The van der Waals surface area contributed by atoms with Crippen LogP contribution in [0.3, 0.4) is 0 Å². The first-order valence-electron chi connectivity index (χ1n) is 2.84. The lowest BCUT2D eigenvalue weighted by atomic mass is 10.3. The van der Waals surface area contributed by atoms with E-state index in [1.165, 1.54) is 0 Å². The molecule has 0 atom stereocenters. The fourth-order valence-electron chi connectivity index (χ4n) is 0.581. The van der Waals surface area contributed by atoms with E-state index in [1.54, 1.807) is 12.1 Å². The minimum absolute atomic E-state index is 0.479. The molecule has 1 amide bonds. The molecule has 0 unspecified atom stereocenters. The SMILES string of the molecule is O=CNOc1ccccc1. The van der Waals surface area contributed by atoms with Crippen LogP contribution >= 0.6 is 0 Å². The van der Waals surface area contributed by atoms with Gasteiger partial charge in [-0.3, -0.25) is 4.79 Å². The van der Waals surface area contributed by atoms with E-state index in [0.717, 1.165) is 0 Å². The van der Waals surface area contributed by atoms with Gasteiger partial charge < -0.3 is 4.84 Å². The van der Waals surface area contributed by atoms with Gasteiger partial charge in [0.1, 0.15) is 0 Å². The normalized spacial score (nSPS) is 8.40. The van der Waals surface area contributed by atoms with Crippen molar-refractivity contribution in [3.05, 3.63) is 30.3 Å². The van der Waals surface area contributed by atoms with Crippen molar-refractivity contribution in [3.63, 3.8) is 0 Å². The smallest absolute Gasteiger partial charge is 0.239 e. The zero-order chi connectivity index (χ0) is 7.23. The molecule has 1 rings (SSSR count). The average molecular weight is 137 g/mol. The molecule has 52 valence electrons. The summed E-state index contributed by atoms with van der Waals surface area (Å²) in [5.74, 6) is 0.620. The summed E-state index contributed by atoms with van der Waals surface area (Å²) in [5.41, 5.74) is 2.08. The average Bonchev–Trinajstić information content (AvgIpc) is 2.03. The van der Waals surface area contributed by atoms with Crippen molar-refractivity contribution in [1.82, 2.24) is 5.48 Å². The van der Waals surface area contributed by atoms with Crippen LogP contribution in [0, 0.1) is 0 Å². The monoisotopic (exact) mass is 137 g/mol. The first-order chi connectivity index (χ1) is 4.93. The third-order valence-corrected chi connectivity index (χ3v) is 0.968. The van der Waals surface area contributed by atoms with Crippen molar-refractivity contribution in [2.24, 2.45) is 0 Å². The van der Waals surface area contributed by atoms with E-state index >= 15 is 0 Å². The zero-order valence-corrected chi connectivity index (χ0v) is 5.28. The maximum Gasteiger partial charge on any atom is 0.239 e. The molecule has 3 heteroatoms. The second-order valence-corrected chi connectivity index (χ2v) is 1.65. The topological polar surface area (TPSA) is 38.3 Å². The van der Waals surface area contributed by atoms with Gasteiger partial charge in [-0.05, 0) is 12.1 Å². The molecule has 1 aromatic carbocycles. The molecule has 0 aliphatic carbocycles. The van der Waals surface area contributed by atoms with E-state index in [1.807, 2.05) is 18.2 Å². The van der Waals surface area contributed by atoms with Gasteiger partial charge in [0.25, 0.3) is 0 Å². The van der Waals surface area contributed by atoms with Crippen molar-refractivity contribution in [2.45, 2.75) is 0 Å². The number of hydrogen-bond acceptors (Lipinski definition) is 2. The minimum atomic E-state index is 0.479. The highest BCUT2D eigenvalue weighted by Crippen LogP contribution is 2.05. The van der Waals surface area contributed by atoms with Gasteiger partial charge in [-0.2, -0.15) is 5.48 Å². The fourth-order valence-corrected chi connectivity index (χ4v) is 0.581. The predicted molar refractivity (Wildman–Crippen MR) is 36.3 cm³/mol. The summed E-state index contributed by atoms with van der Waals surface area (Å²) in [6.07, 6.45) is 0.479. The highest BCUT2D eigenvalue weighted by atomic mass is 16.6. The van der Waals surface area contributed by atoms with Crippen molar-refractivity contribution < 1.29 is 9.63 Å². The molecule has 0 saturated heterocycles. The molecular formula is C7H7NO2. The Kier molecular flexibility index (Phi) is 2.31. The minimum Gasteiger partial charge on any atom is -0.380 e. The first kappa shape index (κ1) is 6.61. The van der Waals surface area contributed by atoms with Crippen molar-refractivity contribution in [2.75, 3.05) is 0 Å². The maximum atomic E-state index is 9.74. The van der Waals surface area contributed by atoms with Gasteiger partial charge in [-0.15, -0.1) is 0 Å². The molecule has 1 N–H and O–H groups in total. The van der Waals surface area contributed by atoms with Gasteiger partial charge >= 0.3 is 0 Å². The highest BCUT2D eigenvalue weighted by molar-refractivity contribution is 5.44. The number of carbonyl (C=O) groups excluding carboxylic acids is 1. The van der Waals surface area contributed by atoms with Crippen LogP contribution in [0.5, 0.6) is 5.75 Å². The number of amides is 1. The Balaban J connectivity index is 2.50. The lowest BCUT2D eigenvalue weighted by Gasteiger charge is -1.99. The number of hydroxylamine groups is 1. The molecule has 0 aliphatic rings. The number of hydrogen-bond donors (Lipinski definition) is 1. The highest BCUT2D eigenvalue weighted by Gasteiger charge is 1.85. The van der Waals surface area contributed by atoms with Crippen molar-refractivity contribution in [3.8, 4) is 5.75 Å². The molecule has 0 spiro atoms. The number of para-hydroxylation sites is 1. The van der Waals surface area contributed by atoms with Crippen molar-refractivity contribution in [1.29, 1.82) is 0 Å². The lowest BCUT2D eigenvalue weighted by molar-refractivity contribution is -0.115. The van der Waals surface area contributed by atoms with Crippen molar-refractivity contribution >= 4 is 6.41 Å². The molecule has 0 radical (unpaired) electrons. The first-order valence-corrected chi connectivity index (χ1v) is 2.84. The van der Waals surface area contributed by atoms with Gasteiger partial charge in [0.15, 0.2) is 5.75 Å². The van der Waals surface area contributed by atoms with Crippen LogP contribution in [0.2, 0.25) is 0 Å². The summed E-state index contributed by atoms with van der Waals surface area (Å²) in [6, 6.07) is 9.00. The third-order valence-electron chi connectivity index (χ3n) is 0.968. The molecule has 0 aliphatic heterocycles.